The Labute approximate surface area is 88.3 Å². The Morgan fingerprint density at radius 1 is 1.47 bits per heavy atom. The zero-order chi connectivity index (χ0) is 10.3. The SMILES string of the molecule is NC1(CCc2cc3ncccc3o2)CC1. The van der Waals surface area contributed by atoms with E-state index in [1.54, 1.807) is 6.20 Å². The Bertz CT molecular complexity index is 452. The molecule has 2 heterocycles. The molecule has 0 aromatic carbocycles. The minimum Gasteiger partial charge on any atom is -0.459 e. The minimum atomic E-state index is 0.104. The first-order valence-electron chi connectivity index (χ1n) is 5.38. The molecule has 1 saturated carbocycles. The lowest BCUT2D eigenvalue weighted by molar-refractivity contribution is 0.507. The molecule has 2 N–H and O–H groups in total. The highest BCUT2D eigenvalue weighted by atomic mass is 16.3. The Hall–Kier alpha value is -1.35. The number of rotatable bonds is 3. The first-order valence-corrected chi connectivity index (χ1v) is 5.38. The molecule has 1 fully saturated rings. The summed E-state index contributed by atoms with van der Waals surface area (Å²) in [4.78, 5) is 4.24. The van der Waals surface area contributed by atoms with Crippen LogP contribution in [0.2, 0.25) is 0 Å². The monoisotopic (exact) mass is 202 g/mol. The summed E-state index contributed by atoms with van der Waals surface area (Å²) in [6, 6.07) is 5.85. The normalized spacial score (nSPS) is 18.2. The van der Waals surface area contributed by atoms with Crippen LogP contribution < -0.4 is 5.73 Å². The fourth-order valence-corrected chi connectivity index (χ4v) is 1.83. The Morgan fingerprint density at radius 2 is 2.33 bits per heavy atom. The number of pyridine rings is 1. The summed E-state index contributed by atoms with van der Waals surface area (Å²) in [5, 5.41) is 0. The van der Waals surface area contributed by atoms with Crippen LogP contribution in [0.5, 0.6) is 0 Å². The summed E-state index contributed by atoms with van der Waals surface area (Å²) in [5.74, 6) is 1.00. The van der Waals surface area contributed by atoms with Gasteiger partial charge in [-0.05, 0) is 31.4 Å². The molecule has 0 saturated heterocycles. The summed E-state index contributed by atoms with van der Waals surface area (Å²) in [6.07, 6.45) is 6.05. The van der Waals surface area contributed by atoms with Crippen molar-refractivity contribution in [2.75, 3.05) is 0 Å². The molecule has 2 aromatic rings. The van der Waals surface area contributed by atoms with Crippen molar-refractivity contribution in [2.45, 2.75) is 31.2 Å². The third-order valence-electron chi connectivity index (χ3n) is 3.10. The van der Waals surface area contributed by atoms with Gasteiger partial charge in [-0.15, -0.1) is 0 Å². The van der Waals surface area contributed by atoms with Crippen LogP contribution in [-0.2, 0) is 6.42 Å². The van der Waals surface area contributed by atoms with Crippen molar-refractivity contribution in [3.63, 3.8) is 0 Å². The van der Waals surface area contributed by atoms with Crippen molar-refractivity contribution >= 4 is 11.1 Å². The number of nitrogens with two attached hydrogens (primary N) is 1. The molecule has 0 spiro atoms. The Kier molecular flexibility index (Phi) is 1.83. The van der Waals surface area contributed by atoms with Crippen LogP contribution in [0.3, 0.4) is 0 Å². The van der Waals surface area contributed by atoms with Crippen molar-refractivity contribution < 1.29 is 4.42 Å². The maximum absolute atomic E-state index is 6.03. The number of fused-ring (bicyclic) bond motifs is 1. The highest BCUT2D eigenvalue weighted by Crippen LogP contribution is 2.36. The van der Waals surface area contributed by atoms with Gasteiger partial charge < -0.3 is 10.2 Å². The van der Waals surface area contributed by atoms with Crippen molar-refractivity contribution in [1.82, 2.24) is 4.98 Å². The summed E-state index contributed by atoms with van der Waals surface area (Å²) < 4.78 is 5.67. The zero-order valence-corrected chi connectivity index (χ0v) is 8.57. The second-order valence-corrected chi connectivity index (χ2v) is 4.46. The largest absolute Gasteiger partial charge is 0.459 e. The second kappa shape index (κ2) is 3.07. The van der Waals surface area contributed by atoms with Gasteiger partial charge in [0, 0.05) is 24.2 Å². The Balaban J connectivity index is 1.79. The van der Waals surface area contributed by atoms with Crippen LogP contribution in [0.15, 0.2) is 28.8 Å². The van der Waals surface area contributed by atoms with E-state index < -0.39 is 0 Å². The second-order valence-electron chi connectivity index (χ2n) is 4.46. The minimum absolute atomic E-state index is 0.104. The number of furan rings is 1. The van der Waals surface area contributed by atoms with E-state index in [0.29, 0.717) is 0 Å². The third-order valence-corrected chi connectivity index (χ3v) is 3.10. The summed E-state index contributed by atoms with van der Waals surface area (Å²) in [6.45, 7) is 0. The fourth-order valence-electron chi connectivity index (χ4n) is 1.83. The van der Waals surface area contributed by atoms with Crippen LogP contribution in [0.25, 0.3) is 11.1 Å². The molecule has 0 aliphatic heterocycles. The maximum Gasteiger partial charge on any atom is 0.152 e. The third kappa shape index (κ3) is 1.75. The van der Waals surface area contributed by atoms with E-state index in [1.807, 2.05) is 18.2 Å². The molecule has 0 atom stereocenters. The zero-order valence-electron chi connectivity index (χ0n) is 8.57. The van der Waals surface area contributed by atoms with E-state index >= 15 is 0 Å². The van der Waals surface area contributed by atoms with Gasteiger partial charge >= 0.3 is 0 Å². The number of aryl methyl sites for hydroxylation is 1. The first-order chi connectivity index (χ1) is 7.25. The molecule has 0 radical (unpaired) electrons. The molecule has 3 nitrogen and oxygen atoms in total. The number of hydrogen-bond donors (Lipinski definition) is 1. The molecular weight excluding hydrogens is 188 g/mol. The van der Waals surface area contributed by atoms with Gasteiger partial charge in [0.05, 0.1) is 0 Å². The lowest BCUT2D eigenvalue weighted by Crippen LogP contribution is -2.21. The van der Waals surface area contributed by atoms with Crippen LogP contribution in [0.4, 0.5) is 0 Å². The summed E-state index contributed by atoms with van der Waals surface area (Å²) in [7, 11) is 0. The van der Waals surface area contributed by atoms with E-state index in [0.717, 1.165) is 42.5 Å². The van der Waals surface area contributed by atoms with Crippen LogP contribution in [0, 0.1) is 0 Å². The number of nitrogens with zero attached hydrogens (tertiary/aromatic N) is 1. The van der Waals surface area contributed by atoms with E-state index in [-0.39, 0.29) is 5.54 Å². The van der Waals surface area contributed by atoms with Crippen molar-refractivity contribution in [1.29, 1.82) is 0 Å². The van der Waals surface area contributed by atoms with Gasteiger partial charge in [-0.3, -0.25) is 4.98 Å². The Morgan fingerprint density at radius 3 is 3.07 bits per heavy atom. The van der Waals surface area contributed by atoms with Gasteiger partial charge in [-0.25, -0.2) is 0 Å². The van der Waals surface area contributed by atoms with Crippen LogP contribution in [0.1, 0.15) is 25.0 Å². The predicted octanol–water partition coefficient (Wildman–Crippen LogP) is 2.25. The molecule has 15 heavy (non-hydrogen) atoms. The standard InChI is InChI=1S/C12H14N2O/c13-12(5-6-12)4-3-9-8-10-11(15-9)2-1-7-14-10/h1-2,7-8H,3-6,13H2. The van der Waals surface area contributed by atoms with Gasteiger partial charge in [-0.1, -0.05) is 0 Å². The van der Waals surface area contributed by atoms with E-state index in [9.17, 15) is 0 Å². The highest BCUT2D eigenvalue weighted by Gasteiger charge is 2.37. The topological polar surface area (TPSA) is 52.0 Å². The van der Waals surface area contributed by atoms with Gasteiger partial charge in [0.1, 0.15) is 11.3 Å². The quantitative estimate of drug-likeness (QED) is 0.830. The average Bonchev–Trinajstić information content (AvgIpc) is 2.83. The van der Waals surface area contributed by atoms with E-state index in [1.165, 1.54) is 0 Å². The molecule has 0 amide bonds. The molecule has 0 unspecified atom stereocenters. The highest BCUT2D eigenvalue weighted by molar-refractivity contribution is 5.72. The molecule has 1 aliphatic carbocycles. The van der Waals surface area contributed by atoms with Crippen molar-refractivity contribution in [3.8, 4) is 0 Å². The fraction of sp³-hybridized carbons (Fsp3) is 0.417. The van der Waals surface area contributed by atoms with Crippen molar-refractivity contribution in [2.24, 2.45) is 5.73 Å². The average molecular weight is 202 g/mol. The summed E-state index contributed by atoms with van der Waals surface area (Å²) in [5.41, 5.74) is 7.94. The first kappa shape index (κ1) is 8.92. The van der Waals surface area contributed by atoms with Gasteiger partial charge in [0.25, 0.3) is 0 Å². The number of aromatic nitrogens is 1. The van der Waals surface area contributed by atoms with Gasteiger partial charge in [0.2, 0.25) is 0 Å². The van der Waals surface area contributed by atoms with Gasteiger partial charge in [0.15, 0.2) is 5.58 Å². The molecule has 0 bridgehead atoms. The molecule has 3 rings (SSSR count). The molecular formula is C12H14N2O. The molecule has 78 valence electrons. The lowest BCUT2D eigenvalue weighted by atomic mass is 10.1. The van der Waals surface area contributed by atoms with E-state index in [4.69, 9.17) is 10.2 Å². The lowest BCUT2D eigenvalue weighted by Gasteiger charge is -2.04. The molecule has 3 heteroatoms. The molecule has 1 aliphatic rings. The smallest absolute Gasteiger partial charge is 0.152 e. The van der Waals surface area contributed by atoms with Crippen molar-refractivity contribution in [3.05, 3.63) is 30.2 Å². The van der Waals surface area contributed by atoms with Gasteiger partial charge in [-0.2, -0.15) is 0 Å². The van der Waals surface area contributed by atoms with E-state index in [2.05, 4.69) is 4.98 Å². The number of hydrogen-bond acceptors (Lipinski definition) is 3. The predicted molar refractivity (Wildman–Crippen MR) is 58.5 cm³/mol. The van der Waals surface area contributed by atoms with Crippen LogP contribution in [-0.4, -0.2) is 10.5 Å². The van der Waals surface area contributed by atoms with Crippen LogP contribution >= 0.6 is 0 Å². The maximum atomic E-state index is 6.03. The summed E-state index contributed by atoms with van der Waals surface area (Å²) >= 11 is 0. The molecule has 2 aromatic heterocycles.